The summed E-state index contributed by atoms with van der Waals surface area (Å²) in [5.41, 5.74) is 0.741. The van der Waals surface area contributed by atoms with Crippen molar-refractivity contribution in [3.63, 3.8) is 0 Å². The van der Waals surface area contributed by atoms with E-state index in [4.69, 9.17) is 5.11 Å². The highest BCUT2D eigenvalue weighted by Gasteiger charge is 1.99. The Morgan fingerprint density at radius 2 is 1.85 bits per heavy atom. The molecule has 0 aromatic carbocycles. The number of rotatable bonds is 3. The highest BCUT2D eigenvalue weighted by atomic mass is 19.1. The van der Waals surface area contributed by atoms with Crippen LogP contribution < -0.4 is 0 Å². The Bertz CT molecular complexity index is 281. The minimum Gasteiger partial charge on any atom is -0.478 e. The second kappa shape index (κ2) is 5.30. The van der Waals surface area contributed by atoms with Gasteiger partial charge in [0.1, 0.15) is 0 Å². The van der Waals surface area contributed by atoms with Crippen LogP contribution in [0.2, 0.25) is 0 Å². The van der Waals surface area contributed by atoms with Gasteiger partial charge in [-0.25, -0.2) is 9.18 Å². The maximum atomic E-state index is 12.4. The summed E-state index contributed by atoms with van der Waals surface area (Å²) >= 11 is 0. The van der Waals surface area contributed by atoms with E-state index in [-0.39, 0.29) is 11.4 Å². The predicted octanol–water partition coefficient (Wildman–Crippen LogP) is 2.84. The van der Waals surface area contributed by atoms with E-state index < -0.39 is 5.97 Å². The molecule has 0 radical (unpaired) electrons. The molecule has 0 rings (SSSR count). The summed E-state index contributed by atoms with van der Waals surface area (Å²) in [5, 5.41) is 8.55. The zero-order valence-corrected chi connectivity index (χ0v) is 7.97. The highest BCUT2D eigenvalue weighted by Crippen LogP contribution is 2.08. The molecule has 0 aliphatic carbocycles. The van der Waals surface area contributed by atoms with Crippen molar-refractivity contribution in [2.75, 3.05) is 0 Å². The van der Waals surface area contributed by atoms with Gasteiger partial charge in [0.15, 0.2) is 0 Å². The first-order valence-electron chi connectivity index (χ1n) is 3.89. The summed E-state index contributed by atoms with van der Waals surface area (Å²) in [4.78, 5) is 10.4. The van der Waals surface area contributed by atoms with E-state index in [0.717, 1.165) is 0 Å². The van der Waals surface area contributed by atoms with E-state index in [1.54, 1.807) is 13.0 Å². The quantitative estimate of drug-likeness (QED) is 0.541. The highest BCUT2D eigenvalue weighted by molar-refractivity contribution is 5.86. The van der Waals surface area contributed by atoms with Crippen molar-refractivity contribution in [3.05, 3.63) is 35.2 Å². The number of hydrogen-bond donors (Lipinski definition) is 1. The molecule has 0 spiro atoms. The zero-order valence-electron chi connectivity index (χ0n) is 7.97. The van der Waals surface area contributed by atoms with Crippen molar-refractivity contribution in [1.29, 1.82) is 0 Å². The fourth-order valence-corrected chi connectivity index (χ4v) is 0.750. The van der Waals surface area contributed by atoms with Crippen LogP contribution in [0, 0.1) is 0 Å². The Kier molecular flexibility index (Phi) is 4.74. The van der Waals surface area contributed by atoms with Crippen LogP contribution in [0.3, 0.4) is 0 Å². The average Bonchev–Trinajstić information content (AvgIpc) is 2.02. The molecule has 72 valence electrons. The largest absolute Gasteiger partial charge is 0.478 e. The Labute approximate surface area is 77.1 Å². The smallest absolute Gasteiger partial charge is 0.331 e. The third-order valence-electron chi connectivity index (χ3n) is 1.42. The van der Waals surface area contributed by atoms with Gasteiger partial charge in [-0.1, -0.05) is 6.08 Å². The van der Waals surface area contributed by atoms with Gasteiger partial charge in [0, 0.05) is 5.57 Å². The van der Waals surface area contributed by atoms with Crippen LogP contribution in [-0.2, 0) is 4.79 Å². The summed E-state index contributed by atoms with van der Waals surface area (Å²) in [6, 6.07) is 0. The van der Waals surface area contributed by atoms with E-state index in [0.29, 0.717) is 5.57 Å². The molecule has 0 heterocycles. The molecule has 0 saturated heterocycles. The SMILES string of the molecule is CC=C(C=C(C)F)C=C(C)C(=O)O. The van der Waals surface area contributed by atoms with E-state index >= 15 is 0 Å². The topological polar surface area (TPSA) is 37.3 Å². The van der Waals surface area contributed by atoms with Crippen molar-refractivity contribution in [3.8, 4) is 0 Å². The molecule has 0 aromatic rings. The third kappa shape index (κ3) is 4.95. The second-order valence-corrected chi connectivity index (χ2v) is 2.65. The lowest BCUT2D eigenvalue weighted by molar-refractivity contribution is -0.132. The summed E-state index contributed by atoms with van der Waals surface area (Å²) in [6.45, 7) is 4.50. The molecule has 0 atom stereocenters. The van der Waals surface area contributed by atoms with Crippen molar-refractivity contribution in [2.24, 2.45) is 0 Å². The van der Waals surface area contributed by atoms with Gasteiger partial charge >= 0.3 is 5.97 Å². The molecule has 1 N–H and O–H groups in total. The van der Waals surface area contributed by atoms with Crippen molar-refractivity contribution < 1.29 is 14.3 Å². The van der Waals surface area contributed by atoms with Crippen LogP contribution in [0.25, 0.3) is 0 Å². The normalized spacial score (nSPS) is 14.6. The summed E-state index contributed by atoms with van der Waals surface area (Å²) in [5.74, 6) is -1.34. The van der Waals surface area contributed by atoms with Crippen LogP contribution in [-0.4, -0.2) is 11.1 Å². The van der Waals surface area contributed by atoms with Crippen LogP contribution in [0.1, 0.15) is 20.8 Å². The number of aliphatic carboxylic acids is 1. The Hall–Kier alpha value is -1.38. The lowest BCUT2D eigenvalue weighted by atomic mass is 10.1. The Morgan fingerprint density at radius 3 is 2.15 bits per heavy atom. The van der Waals surface area contributed by atoms with Gasteiger partial charge in [-0.2, -0.15) is 0 Å². The summed E-state index contributed by atoms with van der Waals surface area (Å²) in [6.07, 6.45) is 4.35. The van der Waals surface area contributed by atoms with Gasteiger partial charge in [0.2, 0.25) is 0 Å². The molecular formula is C10H13FO2. The number of carboxylic acids is 1. The Morgan fingerprint density at radius 1 is 1.31 bits per heavy atom. The maximum absolute atomic E-state index is 12.4. The van der Waals surface area contributed by atoms with E-state index in [1.165, 1.54) is 26.0 Å². The number of carbonyl (C=O) groups is 1. The monoisotopic (exact) mass is 184 g/mol. The lowest BCUT2D eigenvalue weighted by Crippen LogP contribution is -1.96. The average molecular weight is 184 g/mol. The van der Waals surface area contributed by atoms with Gasteiger partial charge in [0.25, 0.3) is 0 Å². The number of hydrogen-bond acceptors (Lipinski definition) is 1. The van der Waals surface area contributed by atoms with Crippen LogP contribution in [0.15, 0.2) is 35.2 Å². The van der Waals surface area contributed by atoms with Crippen molar-refractivity contribution >= 4 is 5.97 Å². The van der Waals surface area contributed by atoms with E-state index in [2.05, 4.69) is 0 Å². The molecular weight excluding hydrogens is 171 g/mol. The van der Waals surface area contributed by atoms with Crippen LogP contribution >= 0.6 is 0 Å². The molecule has 0 aromatic heterocycles. The van der Waals surface area contributed by atoms with E-state index in [1.807, 2.05) is 0 Å². The molecule has 0 aliphatic rings. The second-order valence-electron chi connectivity index (χ2n) is 2.65. The Balaban J connectivity index is 4.76. The molecule has 0 unspecified atom stereocenters. The number of allylic oxidation sites excluding steroid dienone is 5. The predicted molar refractivity (Wildman–Crippen MR) is 50.0 cm³/mol. The molecule has 0 aliphatic heterocycles. The minimum absolute atomic E-state index is 0.186. The zero-order chi connectivity index (χ0) is 10.4. The van der Waals surface area contributed by atoms with E-state index in [9.17, 15) is 9.18 Å². The van der Waals surface area contributed by atoms with Gasteiger partial charge in [-0.3, -0.25) is 0 Å². The maximum Gasteiger partial charge on any atom is 0.331 e. The van der Waals surface area contributed by atoms with Gasteiger partial charge in [-0.15, -0.1) is 0 Å². The molecule has 0 saturated carbocycles. The standard InChI is InChI=1S/C10H13FO2/c1-4-9(6-8(3)11)5-7(2)10(12)13/h4-6H,1-3H3,(H,12,13). The number of halogens is 1. The number of carboxylic acid groups (broad SMARTS) is 1. The van der Waals surface area contributed by atoms with Crippen molar-refractivity contribution in [2.45, 2.75) is 20.8 Å². The van der Waals surface area contributed by atoms with Crippen LogP contribution in [0.4, 0.5) is 4.39 Å². The fourth-order valence-electron chi connectivity index (χ4n) is 0.750. The summed E-state index contributed by atoms with van der Waals surface area (Å²) < 4.78 is 12.4. The molecule has 0 fully saturated rings. The first-order valence-corrected chi connectivity index (χ1v) is 3.89. The van der Waals surface area contributed by atoms with Crippen LogP contribution in [0.5, 0.6) is 0 Å². The van der Waals surface area contributed by atoms with Crippen molar-refractivity contribution in [1.82, 2.24) is 0 Å². The third-order valence-corrected chi connectivity index (χ3v) is 1.42. The minimum atomic E-state index is -0.996. The fraction of sp³-hybridized carbons (Fsp3) is 0.300. The van der Waals surface area contributed by atoms with Gasteiger partial charge < -0.3 is 5.11 Å². The molecule has 3 heteroatoms. The first-order chi connectivity index (χ1) is 5.97. The molecule has 0 bridgehead atoms. The molecule has 2 nitrogen and oxygen atoms in total. The molecule has 0 amide bonds. The molecule has 13 heavy (non-hydrogen) atoms. The van der Waals surface area contributed by atoms with Gasteiger partial charge in [-0.05, 0) is 38.5 Å². The lowest BCUT2D eigenvalue weighted by Gasteiger charge is -1.95. The first kappa shape index (κ1) is 11.6. The van der Waals surface area contributed by atoms with Gasteiger partial charge in [0.05, 0.1) is 5.83 Å². The summed E-state index contributed by atoms with van der Waals surface area (Å²) in [7, 11) is 0.